The van der Waals surface area contributed by atoms with Crippen LogP contribution in [0.2, 0.25) is 0 Å². The predicted octanol–water partition coefficient (Wildman–Crippen LogP) is 2.10. The summed E-state index contributed by atoms with van der Waals surface area (Å²) in [6, 6.07) is 12.6. The number of nitrogens with one attached hydrogen (secondary N) is 2. The van der Waals surface area contributed by atoms with Crippen LogP contribution in [0.3, 0.4) is 0 Å². The monoisotopic (exact) mass is 461 g/mol. The first-order chi connectivity index (χ1) is 15.4. The van der Waals surface area contributed by atoms with Crippen LogP contribution >= 0.6 is 0 Å². The van der Waals surface area contributed by atoms with E-state index in [0.29, 0.717) is 31.2 Å². The summed E-state index contributed by atoms with van der Waals surface area (Å²) in [7, 11) is -3.64. The zero-order valence-electron chi connectivity index (χ0n) is 17.9. The number of hydrogen-bond acceptors (Lipinski definition) is 6. The fraction of sp³-hybridized carbons (Fsp3) is 0.364. The number of nitrogens with zero attached hydrogens (tertiary/aromatic N) is 1. The Kier molecular flexibility index (Phi) is 8.07. The molecule has 0 aliphatic carbocycles. The molecule has 1 aliphatic heterocycles. The van der Waals surface area contributed by atoms with Gasteiger partial charge in [0.2, 0.25) is 10.0 Å². The van der Waals surface area contributed by atoms with E-state index in [1.807, 2.05) is 6.92 Å². The Morgan fingerprint density at radius 3 is 2.28 bits per heavy atom. The van der Waals surface area contributed by atoms with Crippen molar-refractivity contribution in [1.82, 2.24) is 15.2 Å². The van der Waals surface area contributed by atoms with E-state index in [9.17, 15) is 18.0 Å². The van der Waals surface area contributed by atoms with Gasteiger partial charge in [0.1, 0.15) is 11.5 Å². The van der Waals surface area contributed by atoms with Gasteiger partial charge in [0, 0.05) is 18.7 Å². The van der Waals surface area contributed by atoms with Crippen molar-refractivity contribution in [2.45, 2.75) is 31.1 Å². The van der Waals surface area contributed by atoms with Gasteiger partial charge in [-0.25, -0.2) is 8.42 Å². The number of rotatable bonds is 9. The van der Waals surface area contributed by atoms with E-state index < -0.39 is 21.8 Å². The zero-order valence-corrected chi connectivity index (χ0v) is 18.7. The Morgan fingerprint density at radius 1 is 0.969 bits per heavy atom. The van der Waals surface area contributed by atoms with E-state index in [1.54, 1.807) is 24.3 Å². The standard InChI is InChI=1S/C22H27N3O6S/c1-2-14-30-18-8-10-19(11-9-18)31-16-21(26)23-24-22(27)17-6-5-7-20(15-17)32(28,29)25-12-3-4-13-25/h5-11,15H,2-4,12-14,16H2,1H3,(H,23,26)(H,24,27). The van der Waals surface area contributed by atoms with Gasteiger partial charge in [-0.05, 0) is 61.7 Å². The van der Waals surface area contributed by atoms with Crippen LogP contribution in [-0.4, -0.2) is 50.8 Å². The van der Waals surface area contributed by atoms with E-state index >= 15 is 0 Å². The fourth-order valence-corrected chi connectivity index (χ4v) is 4.67. The third kappa shape index (κ3) is 6.21. The first kappa shape index (κ1) is 23.6. The number of carbonyl (C=O) groups excluding carboxylic acids is 2. The lowest BCUT2D eigenvalue weighted by molar-refractivity contribution is -0.123. The van der Waals surface area contributed by atoms with E-state index in [-0.39, 0.29) is 17.1 Å². The summed E-state index contributed by atoms with van der Waals surface area (Å²) in [5.74, 6) is -0.000198. The molecule has 0 unspecified atom stereocenters. The summed E-state index contributed by atoms with van der Waals surface area (Å²) in [6.45, 7) is 3.28. The number of sulfonamides is 1. The molecular formula is C22H27N3O6S. The smallest absolute Gasteiger partial charge is 0.276 e. The maximum atomic E-state index is 12.7. The van der Waals surface area contributed by atoms with Crippen LogP contribution in [0.5, 0.6) is 11.5 Å². The predicted molar refractivity (Wildman–Crippen MR) is 118 cm³/mol. The van der Waals surface area contributed by atoms with Crippen molar-refractivity contribution in [1.29, 1.82) is 0 Å². The molecular weight excluding hydrogens is 434 g/mol. The molecule has 1 fully saturated rings. The quantitative estimate of drug-likeness (QED) is 0.553. The molecule has 10 heteroatoms. The summed E-state index contributed by atoms with van der Waals surface area (Å²) in [5.41, 5.74) is 4.64. The van der Waals surface area contributed by atoms with Crippen molar-refractivity contribution in [2.24, 2.45) is 0 Å². The minimum absolute atomic E-state index is 0.0491. The molecule has 0 radical (unpaired) electrons. The number of hydrazine groups is 1. The Bertz CT molecular complexity index is 1030. The largest absolute Gasteiger partial charge is 0.494 e. The van der Waals surface area contributed by atoms with Crippen LogP contribution in [-0.2, 0) is 14.8 Å². The van der Waals surface area contributed by atoms with Gasteiger partial charge >= 0.3 is 0 Å². The van der Waals surface area contributed by atoms with Gasteiger partial charge in [0.25, 0.3) is 11.8 Å². The van der Waals surface area contributed by atoms with E-state index in [2.05, 4.69) is 10.9 Å². The van der Waals surface area contributed by atoms with E-state index in [1.165, 1.54) is 28.6 Å². The van der Waals surface area contributed by atoms with Crippen molar-refractivity contribution in [3.63, 3.8) is 0 Å². The van der Waals surface area contributed by atoms with Crippen LogP contribution in [0.15, 0.2) is 53.4 Å². The van der Waals surface area contributed by atoms with Crippen molar-refractivity contribution in [3.8, 4) is 11.5 Å². The van der Waals surface area contributed by atoms with Crippen LogP contribution in [0, 0.1) is 0 Å². The van der Waals surface area contributed by atoms with Crippen LogP contribution < -0.4 is 20.3 Å². The summed E-state index contributed by atoms with van der Waals surface area (Å²) < 4.78 is 37.6. The van der Waals surface area contributed by atoms with E-state index in [4.69, 9.17) is 9.47 Å². The second-order valence-corrected chi connectivity index (χ2v) is 9.19. The summed E-state index contributed by atoms with van der Waals surface area (Å²) in [5, 5.41) is 0. The highest BCUT2D eigenvalue weighted by Crippen LogP contribution is 2.21. The molecule has 0 atom stereocenters. The molecule has 0 aromatic heterocycles. The average molecular weight is 462 g/mol. The highest BCUT2D eigenvalue weighted by Gasteiger charge is 2.27. The highest BCUT2D eigenvalue weighted by molar-refractivity contribution is 7.89. The lowest BCUT2D eigenvalue weighted by Gasteiger charge is -2.16. The first-order valence-electron chi connectivity index (χ1n) is 10.4. The van der Waals surface area contributed by atoms with Crippen LogP contribution in [0.1, 0.15) is 36.5 Å². The maximum Gasteiger partial charge on any atom is 0.276 e. The van der Waals surface area contributed by atoms with Gasteiger partial charge < -0.3 is 9.47 Å². The van der Waals surface area contributed by atoms with Crippen molar-refractivity contribution < 1.29 is 27.5 Å². The highest BCUT2D eigenvalue weighted by atomic mass is 32.2. The molecule has 2 amide bonds. The fourth-order valence-electron chi connectivity index (χ4n) is 3.11. The van der Waals surface area contributed by atoms with Gasteiger partial charge in [-0.2, -0.15) is 4.31 Å². The second-order valence-electron chi connectivity index (χ2n) is 7.25. The molecule has 2 N–H and O–H groups in total. The molecule has 172 valence electrons. The molecule has 0 bridgehead atoms. The Hall–Kier alpha value is -3.11. The topological polar surface area (TPSA) is 114 Å². The summed E-state index contributed by atoms with van der Waals surface area (Å²) in [6.07, 6.45) is 2.55. The molecule has 9 nitrogen and oxygen atoms in total. The van der Waals surface area contributed by atoms with Gasteiger partial charge in [-0.15, -0.1) is 0 Å². The molecule has 1 heterocycles. The Morgan fingerprint density at radius 2 is 1.62 bits per heavy atom. The van der Waals surface area contributed by atoms with Crippen molar-refractivity contribution in [2.75, 3.05) is 26.3 Å². The lowest BCUT2D eigenvalue weighted by atomic mass is 10.2. The summed E-state index contributed by atoms with van der Waals surface area (Å²) in [4.78, 5) is 24.4. The molecule has 1 aliphatic rings. The Labute approximate surface area is 187 Å². The number of amides is 2. The molecule has 3 rings (SSSR count). The zero-order chi connectivity index (χ0) is 23.0. The third-order valence-electron chi connectivity index (χ3n) is 4.78. The molecule has 0 saturated carbocycles. The van der Waals surface area contributed by atoms with Crippen LogP contribution in [0.25, 0.3) is 0 Å². The third-order valence-corrected chi connectivity index (χ3v) is 6.68. The van der Waals surface area contributed by atoms with Gasteiger partial charge in [0.15, 0.2) is 6.61 Å². The van der Waals surface area contributed by atoms with Crippen LogP contribution in [0.4, 0.5) is 0 Å². The minimum Gasteiger partial charge on any atom is -0.494 e. The minimum atomic E-state index is -3.64. The maximum absolute atomic E-state index is 12.7. The SMILES string of the molecule is CCCOc1ccc(OCC(=O)NNC(=O)c2cccc(S(=O)(=O)N3CCCC3)c2)cc1. The number of carbonyl (C=O) groups is 2. The summed E-state index contributed by atoms with van der Waals surface area (Å²) >= 11 is 0. The molecule has 2 aromatic rings. The molecule has 2 aromatic carbocycles. The second kappa shape index (κ2) is 11.0. The van der Waals surface area contributed by atoms with E-state index in [0.717, 1.165) is 19.3 Å². The van der Waals surface area contributed by atoms with Crippen molar-refractivity contribution in [3.05, 3.63) is 54.1 Å². The molecule has 32 heavy (non-hydrogen) atoms. The molecule has 0 spiro atoms. The number of ether oxygens (including phenoxy) is 2. The molecule has 1 saturated heterocycles. The Balaban J connectivity index is 1.49. The normalized spacial score (nSPS) is 14.0. The van der Waals surface area contributed by atoms with Gasteiger partial charge in [-0.3, -0.25) is 20.4 Å². The lowest BCUT2D eigenvalue weighted by Crippen LogP contribution is -2.43. The first-order valence-corrected chi connectivity index (χ1v) is 11.9. The average Bonchev–Trinajstić information content (AvgIpc) is 3.36. The number of benzene rings is 2. The van der Waals surface area contributed by atoms with Gasteiger partial charge in [-0.1, -0.05) is 13.0 Å². The number of hydrogen-bond donors (Lipinski definition) is 2. The van der Waals surface area contributed by atoms with Gasteiger partial charge in [0.05, 0.1) is 11.5 Å². The van der Waals surface area contributed by atoms with Crippen molar-refractivity contribution >= 4 is 21.8 Å².